The molecule has 0 aromatic heterocycles. The maximum absolute atomic E-state index is 11.6. The normalized spacial score (nSPS) is 12.1. The molecule has 7 nitrogen and oxygen atoms in total. The summed E-state index contributed by atoms with van der Waals surface area (Å²) in [5.74, 6) is -1.08. The van der Waals surface area contributed by atoms with Crippen LogP contribution in [0.15, 0.2) is 24.3 Å². The van der Waals surface area contributed by atoms with Crippen molar-refractivity contribution in [2.75, 3.05) is 19.5 Å². The van der Waals surface area contributed by atoms with Crippen molar-refractivity contribution in [3.05, 3.63) is 34.9 Å². The number of halogens is 1. The quantitative estimate of drug-likeness (QED) is 0.365. The van der Waals surface area contributed by atoms with Gasteiger partial charge in [-0.15, -0.1) is 0 Å². The molecule has 9 heteroatoms. The summed E-state index contributed by atoms with van der Waals surface area (Å²) in [7, 11) is -2.12. The van der Waals surface area contributed by atoms with Crippen LogP contribution in [0, 0.1) is 5.92 Å². The van der Waals surface area contributed by atoms with Crippen LogP contribution in [0.4, 0.5) is 4.79 Å². The smallest absolute Gasteiger partial charge is 0.410 e. The summed E-state index contributed by atoms with van der Waals surface area (Å²) in [5.41, 5.74) is 0.807. The van der Waals surface area contributed by atoms with Crippen LogP contribution in [0.5, 0.6) is 0 Å². The first-order valence-corrected chi connectivity index (χ1v) is 9.08. The molecule has 0 heterocycles. The number of hydrogen-bond donors (Lipinski definition) is 3. The first-order chi connectivity index (χ1) is 11.3. The number of nitrogens with one attached hydrogen (secondary N) is 1. The Kier molecular flexibility index (Phi) is 9.00. The van der Waals surface area contributed by atoms with E-state index in [0.717, 1.165) is 5.56 Å². The maximum atomic E-state index is 11.6. The lowest BCUT2D eigenvalue weighted by molar-refractivity contribution is -0.155. The standard InChI is InChI=1S/C15H21ClNO6P/c1-10(2)14(18)22-9-23-15(19)17-7-12(8-24(20)21)11-3-5-13(16)6-4-11/h3-6,10,12,20-21H,7-9H2,1-2H3,(H,17,19)/t12-/m1/s1. The molecular weight excluding hydrogens is 357 g/mol. The molecule has 0 aliphatic carbocycles. The summed E-state index contributed by atoms with van der Waals surface area (Å²) < 4.78 is 9.47. The Bertz CT molecular complexity index is 537. The molecular formula is C15H21ClNO6P. The van der Waals surface area contributed by atoms with E-state index in [2.05, 4.69) is 5.32 Å². The van der Waals surface area contributed by atoms with Gasteiger partial charge >= 0.3 is 12.1 Å². The highest BCUT2D eigenvalue weighted by Gasteiger charge is 2.18. The van der Waals surface area contributed by atoms with E-state index >= 15 is 0 Å². The monoisotopic (exact) mass is 377 g/mol. The first-order valence-electron chi connectivity index (χ1n) is 7.27. The predicted octanol–water partition coefficient (Wildman–Crippen LogP) is 2.60. The van der Waals surface area contributed by atoms with Gasteiger partial charge in [0, 0.05) is 23.6 Å². The van der Waals surface area contributed by atoms with Gasteiger partial charge in [0.25, 0.3) is 0 Å². The van der Waals surface area contributed by atoms with Gasteiger partial charge in [-0.05, 0) is 17.7 Å². The molecule has 0 aliphatic rings. The number of ether oxygens (including phenoxy) is 2. The van der Waals surface area contributed by atoms with E-state index in [9.17, 15) is 19.4 Å². The maximum Gasteiger partial charge on any atom is 0.410 e. The van der Waals surface area contributed by atoms with Crippen LogP contribution in [-0.2, 0) is 14.3 Å². The lowest BCUT2D eigenvalue weighted by atomic mass is 10.0. The van der Waals surface area contributed by atoms with E-state index in [1.165, 1.54) is 0 Å². The third kappa shape index (κ3) is 7.93. The van der Waals surface area contributed by atoms with Crippen molar-refractivity contribution >= 4 is 32.0 Å². The number of esters is 1. The molecule has 1 aromatic carbocycles. The number of amides is 1. The van der Waals surface area contributed by atoms with Crippen molar-refractivity contribution in [3.63, 3.8) is 0 Å². The van der Waals surface area contributed by atoms with Crippen molar-refractivity contribution in [1.29, 1.82) is 0 Å². The summed E-state index contributed by atoms with van der Waals surface area (Å²) in [4.78, 5) is 41.3. The van der Waals surface area contributed by atoms with E-state index in [0.29, 0.717) is 5.02 Å². The number of rotatable bonds is 8. The minimum atomic E-state index is -2.12. The first kappa shape index (κ1) is 20.6. The van der Waals surface area contributed by atoms with Gasteiger partial charge in [-0.3, -0.25) is 4.79 Å². The van der Waals surface area contributed by atoms with E-state index < -0.39 is 27.2 Å². The van der Waals surface area contributed by atoms with Gasteiger partial charge in [0.2, 0.25) is 6.79 Å². The van der Waals surface area contributed by atoms with E-state index in [4.69, 9.17) is 21.1 Å². The minimum absolute atomic E-state index is 0.0968. The van der Waals surface area contributed by atoms with Gasteiger partial charge < -0.3 is 24.6 Å². The second-order valence-corrected chi connectivity index (χ2v) is 6.90. The van der Waals surface area contributed by atoms with Crippen LogP contribution in [0.3, 0.4) is 0 Å². The van der Waals surface area contributed by atoms with Crippen molar-refractivity contribution in [2.45, 2.75) is 19.8 Å². The van der Waals surface area contributed by atoms with Crippen LogP contribution >= 0.6 is 20.0 Å². The molecule has 0 spiro atoms. The van der Waals surface area contributed by atoms with E-state index in [-0.39, 0.29) is 24.5 Å². The molecule has 0 unspecified atom stereocenters. The van der Waals surface area contributed by atoms with Gasteiger partial charge in [0.15, 0.2) is 8.38 Å². The third-order valence-electron chi connectivity index (χ3n) is 3.08. The molecule has 0 saturated heterocycles. The molecule has 3 N–H and O–H groups in total. The fraction of sp³-hybridized carbons (Fsp3) is 0.467. The van der Waals surface area contributed by atoms with Crippen LogP contribution < -0.4 is 5.32 Å². The topological polar surface area (TPSA) is 105 Å². The predicted molar refractivity (Wildman–Crippen MR) is 90.7 cm³/mol. The Balaban J connectivity index is 2.48. The average Bonchev–Trinajstić information content (AvgIpc) is 2.51. The Morgan fingerprint density at radius 2 is 1.83 bits per heavy atom. The lowest BCUT2D eigenvalue weighted by Crippen LogP contribution is -2.31. The summed E-state index contributed by atoms with van der Waals surface area (Å²) in [6, 6.07) is 6.88. The molecule has 1 rings (SSSR count). The average molecular weight is 378 g/mol. The minimum Gasteiger partial charge on any atom is -0.428 e. The van der Waals surface area contributed by atoms with Crippen LogP contribution in [0.1, 0.15) is 25.3 Å². The van der Waals surface area contributed by atoms with Crippen LogP contribution in [-0.4, -0.2) is 41.3 Å². The fourth-order valence-electron chi connectivity index (χ4n) is 1.79. The Hall–Kier alpha value is -1.40. The number of alkyl carbamates (subject to hydrolysis) is 1. The lowest BCUT2D eigenvalue weighted by Gasteiger charge is -2.18. The summed E-state index contributed by atoms with van der Waals surface area (Å²) in [6.45, 7) is 3.00. The Morgan fingerprint density at radius 1 is 1.21 bits per heavy atom. The van der Waals surface area contributed by atoms with Crippen molar-refractivity contribution in [1.82, 2.24) is 5.32 Å². The van der Waals surface area contributed by atoms with Crippen molar-refractivity contribution in [2.24, 2.45) is 5.92 Å². The van der Waals surface area contributed by atoms with Crippen molar-refractivity contribution < 1.29 is 28.8 Å². The second kappa shape index (κ2) is 10.5. The van der Waals surface area contributed by atoms with E-state index in [1.807, 2.05) is 0 Å². The van der Waals surface area contributed by atoms with Crippen molar-refractivity contribution in [3.8, 4) is 0 Å². The largest absolute Gasteiger partial charge is 0.428 e. The molecule has 1 amide bonds. The molecule has 0 saturated carbocycles. The van der Waals surface area contributed by atoms with Crippen LogP contribution in [0.2, 0.25) is 5.02 Å². The third-order valence-corrected chi connectivity index (χ3v) is 4.10. The molecule has 0 bridgehead atoms. The number of carbonyl (C=O) groups is 2. The molecule has 0 aliphatic heterocycles. The van der Waals surface area contributed by atoms with Gasteiger partial charge in [-0.25, -0.2) is 4.79 Å². The molecule has 1 aromatic rings. The molecule has 24 heavy (non-hydrogen) atoms. The summed E-state index contributed by atoms with van der Waals surface area (Å²) in [5, 5.41) is 3.07. The highest BCUT2D eigenvalue weighted by molar-refractivity contribution is 7.45. The number of carbonyl (C=O) groups excluding carboxylic acids is 2. The fourth-order valence-corrected chi connectivity index (χ4v) is 2.65. The Labute approximate surface area is 146 Å². The van der Waals surface area contributed by atoms with Gasteiger partial charge in [0.05, 0.1) is 5.92 Å². The second-order valence-electron chi connectivity index (χ2n) is 5.35. The summed E-state index contributed by atoms with van der Waals surface area (Å²) >= 11 is 5.83. The van der Waals surface area contributed by atoms with Crippen LogP contribution in [0.25, 0.3) is 0 Å². The molecule has 134 valence electrons. The zero-order valence-electron chi connectivity index (χ0n) is 13.4. The number of hydrogen-bond acceptors (Lipinski definition) is 6. The molecule has 0 radical (unpaired) electrons. The number of benzene rings is 1. The highest BCUT2D eigenvalue weighted by atomic mass is 35.5. The molecule has 1 atom stereocenters. The summed E-state index contributed by atoms with van der Waals surface area (Å²) in [6.07, 6.45) is -0.662. The molecule has 0 fully saturated rings. The van der Waals surface area contributed by atoms with E-state index in [1.54, 1.807) is 38.1 Å². The van der Waals surface area contributed by atoms with Gasteiger partial charge in [-0.1, -0.05) is 37.6 Å². The van der Waals surface area contributed by atoms with Gasteiger partial charge in [0.1, 0.15) is 0 Å². The van der Waals surface area contributed by atoms with Gasteiger partial charge in [-0.2, -0.15) is 0 Å². The highest BCUT2D eigenvalue weighted by Crippen LogP contribution is 2.32. The Morgan fingerprint density at radius 3 is 2.38 bits per heavy atom. The SMILES string of the molecule is CC(C)C(=O)OCOC(=O)NC[C@H](CP(O)O)c1ccc(Cl)cc1. The zero-order chi connectivity index (χ0) is 18.1. The zero-order valence-corrected chi connectivity index (χ0v) is 15.1.